The minimum absolute atomic E-state index is 0.0833. The number of benzene rings is 1. The summed E-state index contributed by atoms with van der Waals surface area (Å²) >= 11 is 0. The lowest BCUT2D eigenvalue weighted by molar-refractivity contribution is -0.131. The molecule has 0 aromatic heterocycles. The second-order valence-corrected chi connectivity index (χ2v) is 3.06. The Labute approximate surface area is 120 Å². The van der Waals surface area contributed by atoms with Crippen LogP contribution in [0, 0.1) is 11.3 Å². The van der Waals surface area contributed by atoms with E-state index in [1.807, 2.05) is 0 Å². The first-order valence-electron chi connectivity index (χ1n) is 5.22. The molecular weight excluding hydrogens is 278 g/mol. The van der Waals surface area contributed by atoms with E-state index >= 15 is 0 Å². The van der Waals surface area contributed by atoms with Crippen molar-refractivity contribution in [1.82, 2.24) is 0 Å². The van der Waals surface area contributed by atoms with Gasteiger partial charge in [-0.1, -0.05) is 13.2 Å². The number of carboxylic acid groups (broad SMARTS) is 3. The van der Waals surface area contributed by atoms with E-state index in [0.717, 1.165) is 6.08 Å². The summed E-state index contributed by atoms with van der Waals surface area (Å²) in [6.45, 7) is 6.08. The Morgan fingerprint density at radius 2 is 1.19 bits per heavy atom. The van der Waals surface area contributed by atoms with Crippen molar-refractivity contribution in [3.05, 3.63) is 60.7 Å². The fourth-order valence-corrected chi connectivity index (χ4v) is 0.755. The highest BCUT2D eigenvalue weighted by Crippen LogP contribution is 2.03. The molecule has 0 saturated carbocycles. The largest absolute Gasteiger partial charge is 0.478 e. The Kier molecular flexibility index (Phi) is 11.1. The number of aliphatic carboxylic acids is 1. The molecule has 1 aromatic rings. The minimum Gasteiger partial charge on any atom is -0.478 e. The van der Waals surface area contributed by atoms with Gasteiger partial charge in [0.25, 0.3) is 0 Å². The summed E-state index contributed by atoms with van der Waals surface area (Å²) in [5, 5.41) is 32.0. The van der Waals surface area contributed by atoms with Crippen molar-refractivity contribution >= 4 is 17.9 Å². The van der Waals surface area contributed by atoms with Gasteiger partial charge in [0.05, 0.1) is 17.2 Å². The van der Waals surface area contributed by atoms with Crippen LogP contribution in [0.2, 0.25) is 0 Å². The van der Waals surface area contributed by atoms with Gasteiger partial charge in [0.15, 0.2) is 0 Å². The molecule has 0 aliphatic rings. The maximum absolute atomic E-state index is 10.3. The van der Waals surface area contributed by atoms with Crippen LogP contribution in [0.3, 0.4) is 0 Å². The van der Waals surface area contributed by atoms with Crippen molar-refractivity contribution in [2.75, 3.05) is 0 Å². The molecule has 0 fully saturated rings. The molecule has 0 amide bonds. The molecule has 0 aliphatic heterocycles. The van der Waals surface area contributed by atoms with Crippen molar-refractivity contribution in [3.8, 4) is 6.07 Å². The van der Waals surface area contributed by atoms with E-state index in [1.54, 1.807) is 6.07 Å². The molecule has 7 nitrogen and oxygen atoms in total. The quantitative estimate of drug-likeness (QED) is 0.572. The maximum atomic E-state index is 10.3. The second-order valence-electron chi connectivity index (χ2n) is 3.06. The number of nitriles is 1. The number of carboxylic acids is 3. The van der Waals surface area contributed by atoms with E-state index in [4.69, 9.17) is 20.6 Å². The molecule has 0 bridgehead atoms. The van der Waals surface area contributed by atoms with Crippen LogP contribution in [-0.2, 0) is 4.79 Å². The third kappa shape index (κ3) is 11.4. The lowest BCUT2D eigenvalue weighted by Gasteiger charge is -1.94. The predicted molar refractivity (Wildman–Crippen MR) is 74.0 cm³/mol. The number of hydrogen-bond acceptors (Lipinski definition) is 4. The Bertz CT molecular complexity index is 521. The molecule has 21 heavy (non-hydrogen) atoms. The van der Waals surface area contributed by atoms with Gasteiger partial charge in [-0.25, -0.2) is 14.4 Å². The molecule has 0 saturated heterocycles. The van der Waals surface area contributed by atoms with E-state index in [1.165, 1.54) is 30.3 Å². The molecule has 0 aliphatic carbocycles. The topological polar surface area (TPSA) is 136 Å². The van der Waals surface area contributed by atoms with Gasteiger partial charge >= 0.3 is 17.9 Å². The highest BCUT2D eigenvalue weighted by molar-refractivity contribution is 5.91. The van der Waals surface area contributed by atoms with E-state index in [2.05, 4.69) is 13.2 Å². The number of aromatic carboxylic acids is 2. The standard InChI is InChI=1S/C8H6O4.C3H3N.C3H4O2/c9-7(10)5-1-2-6(4-3-5)8(11)12;1-2-3-4;1-2-3(4)5/h1-4H,(H,9,10)(H,11,12);2H,1H2;2H,1H2,(H,4,5). The molecule has 110 valence electrons. The van der Waals surface area contributed by atoms with E-state index in [0.29, 0.717) is 0 Å². The Morgan fingerprint density at radius 1 is 0.952 bits per heavy atom. The average molecular weight is 291 g/mol. The molecule has 0 spiro atoms. The van der Waals surface area contributed by atoms with Gasteiger partial charge in [-0.05, 0) is 24.3 Å². The first-order valence-corrected chi connectivity index (χ1v) is 5.22. The van der Waals surface area contributed by atoms with Crippen LogP contribution < -0.4 is 0 Å². The fraction of sp³-hybridized carbons (Fsp3) is 0. The van der Waals surface area contributed by atoms with Crippen LogP contribution in [0.25, 0.3) is 0 Å². The van der Waals surface area contributed by atoms with Gasteiger partial charge in [-0.2, -0.15) is 5.26 Å². The summed E-state index contributed by atoms with van der Waals surface area (Å²) in [6.07, 6.45) is 2.01. The number of carbonyl (C=O) groups is 3. The summed E-state index contributed by atoms with van der Waals surface area (Å²) in [4.78, 5) is 29.9. The zero-order chi connectivity index (χ0) is 16.8. The summed E-state index contributed by atoms with van der Waals surface area (Å²) < 4.78 is 0. The van der Waals surface area contributed by atoms with Gasteiger partial charge in [-0.3, -0.25) is 0 Å². The van der Waals surface area contributed by atoms with Crippen molar-refractivity contribution in [2.24, 2.45) is 0 Å². The Hall–Kier alpha value is -3.40. The van der Waals surface area contributed by atoms with E-state index in [-0.39, 0.29) is 11.1 Å². The van der Waals surface area contributed by atoms with Crippen LogP contribution in [-0.4, -0.2) is 33.2 Å². The van der Waals surface area contributed by atoms with Crippen LogP contribution in [0.15, 0.2) is 49.6 Å². The van der Waals surface area contributed by atoms with Crippen LogP contribution in [0.1, 0.15) is 20.7 Å². The van der Waals surface area contributed by atoms with Gasteiger partial charge in [0.2, 0.25) is 0 Å². The van der Waals surface area contributed by atoms with Crippen LogP contribution >= 0.6 is 0 Å². The number of hydrogen-bond donors (Lipinski definition) is 3. The third-order valence-electron chi connectivity index (χ3n) is 1.64. The zero-order valence-electron chi connectivity index (χ0n) is 10.9. The fourth-order valence-electron chi connectivity index (χ4n) is 0.755. The summed E-state index contributed by atoms with van der Waals surface area (Å²) in [5.74, 6) is -3.11. The summed E-state index contributed by atoms with van der Waals surface area (Å²) in [5.41, 5.74) is 0.167. The first kappa shape index (κ1) is 19.9. The number of allylic oxidation sites excluding steroid dienone is 1. The molecule has 0 heterocycles. The smallest absolute Gasteiger partial charge is 0.335 e. The molecule has 1 rings (SSSR count). The zero-order valence-corrected chi connectivity index (χ0v) is 10.9. The minimum atomic E-state index is -1.06. The molecule has 0 atom stereocenters. The van der Waals surface area contributed by atoms with E-state index < -0.39 is 17.9 Å². The molecular formula is C14H13NO6. The highest BCUT2D eigenvalue weighted by Gasteiger charge is 2.04. The molecule has 0 radical (unpaired) electrons. The SMILES string of the molecule is C=CC#N.C=CC(=O)O.O=C(O)c1ccc(C(=O)O)cc1. The van der Waals surface area contributed by atoms with Crippen molar-refractivity contribution in [2.45, 2.75) is 0 Å². The van der Waals surface area contributed by atoms with Gasteiger partial charge in [0.1, 0.15) is 0 Å². The van der Waals surface area contributed by atoms with Crippen molar-refractivity contribution in [3.63, 3.8) is 0 Å². The molecule has 7 heteroatoms. The second kappa shape index (κ2) is 11.7. The van der Waals surface area contributed by atoms with Gasteiger partial charge in [0, 0.05) is 12.2 Å². The third-order valence-corrected chi connectivity index (χ3v) is 1.64. The lowest BCUT2D eigenvalue weighted by Crippen LogP contribution is -1.99. The lowest BCUT2D eigenvalue weighted by atomic mass is 10.1. The maximum Gasteiger partial charge on any atom is 0.335 e. The van der Waals surface area contributed by atoms with Gasteiger partial charge < -0.3 is 15.3 Å². The number of rotatable bonds is 3. The molecule has 0 unspecified atom stereocenters. The van der Waals surface area contributed by atoms with Crippen molar-refractivity contribution < 1.29 is 29.7 Å². The van der Waals surface area contributed by atoms with Gasteiger partial charge in [-0.15, -0.1) is 0 Å². The van der Waals surface area contributed by atoms with Crippen LogP contribution in [0.4, 0.5) is 0 Å². The van der Waals surface area contributed by atoms with E-state index in [9.17, 15) is 14.4 Å². The van der Waals surface area contributed by atoms with Crippen molar-refractivity contribution in [1.29, 1.82) is 5.26 Å². The average Bonchev–Trinajstić information content (AvgIpc) is 2.48. The molecule has 3 N–H and O–H groups in total. The monoisotopic (exact) mass is 291 g/mol. The summed E-state index contributed by atoms with van der Waals surface area (Å²) in [6, 6.07) is 6.72. The first-order chi connectivity index (χ1) is 9.79. The predicted octanol–water partition coefficient (Wildman–Crippen LogP) is 2.04. The normalized spacial score (nSPS) is 7.57. The highest BCUT2D eigenvalue weighted by atomic mass is 16.4. The molecule has 1 aromatic carbocycles. The number of nitrogens with zero attached hydrogens (tertiary/aromatic N) is 1. The Morgan fingerprint density at radius 3 is 1.29 bits per heavy atom. The van der Waals surface area contributed by atoms with Crippen LogP contribution in [0.5, 0.6) is 0 Å². The summed E-state index contributed by atoms with van der Waals surface area (Å²) in [7, 11) is 0. The Balaban J connectivity index is 0.